The highest BCUT2D eigenvalue weighted by molar-refractivity contribution is 7.99. The fourth-order valence-electron chi connectivity index (χ4n) is 2.51. The minimum absolute atomic E-state index is 0.00462. The molecule has 4 nitrogen and oxygen atoms in total. The molecule has 1 atom stereocenters. The summed E-state index contributed by atoms with van der Waals surface area (Å²) in [4.78, 5) is 15.4. The summed E-state index contributed by atoms with van der Waals surface area (Å²) >= 11 is 7.57. The van der Waals surface area contributed by atoms with E-state index < -0.39 is 5.97 Å². The van der Waals surface area contributed by atoms with Gasteiger partial charge in [0.2, 0.25) is 0 Å². The van der Waals surface area contributed by atoms with E-state index in [0.717, 1.165) is 17.5 Å². The van der Waals surface area contributed by atoms with Crippen molar-refractivity contribution < 1.29 is 9.90 Å². The molecule has 0 amide bonds. The van der Waals surface area contributed by atoms with Crippen LogP contribution in [0.25, 0.3) is 11.0 Å². The number of hydrogen-bond acceptors (Lipinski definition) is 3. The van der Waals surface area contributed by atoms with E-state index in [9.17, 15) is 4.79 Å². The van der Waals surface area contributed by atoms with Gasteiger partial charge in [-0.25, -0.2) is 4.98 Å². The second-order valence-electron chi connectivity index (χ2n) is 5.53. The first-order valence-corrected chi connectivity index (χ1v) is 8.27. The van der Waals surface area contributed by atoms with Crippen molar-refractivity contribution in [2.75, 3.05) is 5.75 Å². The SMILES string of the molecule is CC(C)CC(C)n1c(SCC(=O)O)nc2cccc(Cl)c21. The zero-order valence-corrected chi connectivity index (χ0v) is 13.9. The van der Waals surface area contributed by atoms with Gasteiger partial charge in [0.15, 0.2) is 5.16 Å². The predicted molar refractivity (Wildman–Crippen MR) is 87.3 cm³/mol. The van der Waals surface area contributed by atoms with Crippen LogP contribution in [-0.2, 0) is 4.79 Å². The number of carboxylic acid groups (broad SMARTS) is 1. The molecule has 1 N–H and O–H groups in total. The Balaban J connectivity index is 2.50. The maximum Gasteiger partial charge on any atom is 0.313 e. The monoisotopic (exact) mass is 326 g/mol. The average Bonchev–Trinajstić information content (AvgIpc) is 2.75. The van der Waals surface area contributed by atoms with Gasteiger partial charge in [0.25, 0.3) is 0 Å². The quantitative estimate of drug-likeness (QED) is 0.795. The number of para-hydroxylation sites is 1. The molecule has 1 heterocycles. The average molecular weight is 327 g/mol. The highest BCUT2D eigenvalue weighted by atomic mass is 35.5. The molecule has 0 bridgehead atoms. The largest absolute Gasteiger partial charge is 0.481 e. The minimum Gasteiger partial charge on any atom is -0.481 e. The number of thioether (sulfide) groups is 1. The zero-order chi connectivity index (χ0) is 15.6. The lowest BCUT2D eigenvalue weighted by Gasteiger charge is -2.19. The van der Waals surface area contributed by atoms with Crippen molar-refractivity contribution in [2.24, 2.45) is 5.92 Å². The van der Waals surface area contributed by atoms with Gasteiger partial charge in [-0.2, -0.15) is 0 Å². The van der Waals surface area contributed by atoms with Crippen LogP contribution >= 0.6 is 23.4 Å². The number of carboxylic acids is 1. The van der Waals surface area contributed by atoms with E-state index in [1.807, 2.05) is 18.2 Å². The molecule has 0 saturated carbocycles. The Morgan fingerprint density at radius 1 is 1.43 bits per heavy atom. The molecule has 0 spiro atoms. The van der Waals surface area contributed by atoms with Crippen LogP contribution < -0.4 is 0 Å². The van der Waals surface area contributed by atoms with Gasteiger partial charge in [0.05, 0.1) is 21.8 Å². The molecular formula is C15H19ClN2O2S. The lowest BCUT2D eigenvalue weighted by molar-refractivity contribution is -0.133. The van der Waals surface area contributed by atoms with Crippen LogP contribution in [0.5, 0.6) is 0 Å². The van der Waals surface area contributed by atoms with E-state index >= 15 is 0 Å². The summed E-state index contributed by atoms with van der Waals surface area (Å²) in [5, 5.41) is 10.3. The smallest absolute Gasteiger partial charge is 0.313 e. The van der Waals surface area contributed by atoms with Gasteiger partial charge in [0, 0.05) is 6.04 Å². The fraction of sp³-hybridized carbons (Fsp3) is 0.467. The van der Waals surface area contributed by atoms with E-state index in [1.165, 1.54) is 11.8 Å². The van der Waals surface area contributed by atoms with Gasteiger partial charge >= 0.3 is 5.97 Å². The van der Waals surface area contributed by atoms with Crippen molar-refractivity contribution in [2.45, 2.75) is 38.4 Å². The Bertz CT molecular complexity index is 654. The number of halogens is 1. The molecule has 0 aliphatic rings. The van der Waals surface area contributed by atoms with Gasteiger partial charge in [-0.3, -0.25) is 4.79 Å². The summed E-state index contributed by atoms with van der Waals surface area (Å²) < 4.78 is 2.07. The van der Waals surface area contributed by atoms with Crippen molar-refractivity contribution >= 4 is 40.4 Å². The Labute approximate surface area is 133 Å². The molecular weight excluding hydrogens is 308 g/mol. The van der Waals surface area contributed by atoms with Crippen LogP contribution in [0.1, 0.15) is 33.2 Å². The Kier molecular flexibility index (Phi) is 5.17. The number of benzene rings is 1. The third kappa shape index (κ3) is 3.71. The van der Waals surface area contributed by atoms with Gasteiger partial charge in [-0.1, -0.05) is 43.3 Å². The van der Waals surface area contributed by atoms with Crippen LogP contribution in [0.15, 0.2) is 23.4 Å². The van der Waals surface area contributed by atoms with Crippen molar-refractivity contribution in [3.8, 4) is 0 Å². The summed E-state index contributed by atoms with van der Waals surface area (Å²) in [6.45, 7) is 6.46. The zero-order valence-electron chi connectivity index (χ0n) is 12.3. The number of fused-ring (bicyclic) bond motifs is 1. The highest BCUT2D eigenvalue weighted by Crippen LogP contribution is 2.34. The number of hydrogen-bond donors (Lipinski definition) is 1. The Hall–Kier alpha value is -1.20. The fourth-order valence-corrected chi connectivity index (χ4v) is 3.60. The number of aromatic nitrogens is 2. The van der Waals surface area contributed by atoms with Crippen molar-refractivity contribution in [1.82, 2.24) is 9.55 Å². The van der Waals surface area contributed by atoms with Crippen molar-refractivity contribution in [1.29, 1.82) is 0 Å². The Morgan fingerprint density at radius 2 is 2.14 bits per heavy atom. The van der Waals surface area contributed by atoms with Crippen molar-refractivity contribution in [3.05, 3.63) is 23.2 Å². The van der Waals surface area contributed by atoms with Gasteiger partial charge in [0.1, 0.15) is 0 Å². The maximum atomic E-state index is 10.8. The third-order valence-electron chi connectivity index (χ3n) is 3.21. The van der Waals surface area contributed by atoms with E-state index in [4.69, 9.17) is 16.7 Å². The molecule has 1 aromatic carbocycles. The Morgan fingerprint density at radius 3 is 2.76 bits per heavy atom. The van der Waals surface area contributed by atoms with Crippen LogP contribution in [0.2, 0.25) is 5.02 Å². The number of rotatable bonds is 6. The summed E-state index contributed by atoms with van der Waals surface area (Å²) in [5.41, 5.74) is 1.70. The first kappa shape index (κ1) is 16.2. The third-order valence-corrected chi connectivity index (χ3v) is 4.45. The van der Waals surface area contributed by atoms with E-state index in [2.05, 4.69) is 30.3 Å². The molecule has 2 aromatic rings. The first-order valence-electron chi connectivity index (χ1n) is 6.91. The second kappa shape index (κ2) is 6.71. The minimum atomic E-state index is -0.846. The molecule has 0 aliphatic heterocycles. The lowest BCUT2D eigenvalue weighted by Crippen LogP contribution is -2.10. The molecule has 6 heteroatoms. The second-order valence-corrected chi connectivity index (χ2v) is 6.88. The summed E-state index contributed by atoms with van der Waals surface area (Å²) in [5.74, 6) is -0.312. The van der Waals surface area contributed by atoms with Crippen LogP contribution in [0.4, 0.5) is 0 Å². The van der Waals surface area contributed by atoms with E-state index in [0.29, 0.717) is 16.1 Å². The van der Waals surface area contributed by atoms with Crippen LogP contribution in [0.3, 0.4) is 0 Å². The lowest BCUT2D eigenvalue weighted by atomic mass is 10.1. The molecule has 1 aromatic heterocycles. The molecule has 114 valence electrons. The summed E-state index contributed by atoms with van der Waals surface area (Å²) in [6, 6.07) is 5.83. The van der Waals surface area contributed by atoms with Gasteiger partial charge in [-0.15, -0.1) is 0 Å². The van der Waals surface area contributed by atoms with Crippen LogP contribution in [-0.4, -0.2) is 26.4 Å². The number of carbonyl (C=O) groups is 1. The highest BCUT2D eigenvalue weighted by Gasteiger charge is 2.19. The molecule has 0 saturated heterocycles. The van der Waals surface area contributed by atoms with E-state index in [-0.39, 0.29) is 11.8 Å². The summed E-state index contributed by atoms with van der Waals surface area (Å²) in [7, 11) is 0. The maximum absolute atomic E-state index is 10.8. The van der Waals surface area contributed by atoms with E-state index in [1.54, 1.807) is 0 Å². The number of imidazole rings is 1. The number of nitrogens with zero attached hydrogens (tertiary/aromatic N) is 2. The van der Waals surface area contributed by atoms with Gasteiger partial charge in [-0.05, 0) is 31.4 Å². The molecule has 2 rings (SSSR count). The summed E-state index contributed by atoms with van der Waals surface area (Å²) in [6.07, 6.45) is 0.983. The van der Waals surface area contributed by atoms with Crippen molar-refractivity contribution in [3.63, 3.8) is 0 Å². The van der Waals surface area contributed by atoms with Gasteiger partial charge < -0.3 is 9.67 Å². The molecule has 0 radical (unpaired) electrons. The molecule has 0 aliphatic carbocycles. The van der Waals surface area contributed by atoms with Crippen LogP contribution in [0, 0.1) is 5.92 Å². The molecule has 21 heavy (non-hydrogen) atoms. The molecule has 1 unspecified atom stereocenters. The standard InChI is InChI=1S/C15H19ClN2O2S/c1-9(2)7-10(3)18-14-11(16)5-4-6-12(14)17-15(18)21-8-13(19)20/h4-6,9-10H,7-8H2,1-3H3,(H,19,20). The number of aliphatic carboxylic acids is 1. The molecule has 0 fully saturated rings. The predicted octanol–water partition coefficient (Wildman–Crippen LogP) is 4.47. The topological polar surface area (TPSA) is 55.1 Å². The first-order chi connectivity index (χ1) is 9.90. The normalized spacial score (nSPS) is 13.0.